The van der Waals surface area contributed by atoms with Crippen LogP contribution in [0.15, 0.2) is 66.9 Å². The van der Waals surface area contributed by atoms with Crippen LogP contribution >= 0.6 is 0 Å². The summed E-state index contributed by atoms with van der Waals surface area (Å²) in [5.74, 6) is 0.238. The van der Waals surface area contributed by atoms with Gasteiger partial charge in [-0.2, -0.15) is 5.10 Å². The number of aryl methyl sites for hydroxylation is 1. The number of rotatable bonds is 6. The maximum atomic E-state index is 13.1. The molecule has 6 rings (SSSR count). The number of hydrogen-bond donors (Lipinski definition) is 3. The number of carbonyl (C=O) groups is 2. The molecule has 0 saturated carbocycles. The Bertz CT molecular complexity index is 1500. The van der Waals surface area contributed by atoms with Gasteiger partial charge in [0.25, 0.3) is 11.8 Å². The first kappa shape index (κ1) is 25.9. The Morgan fingerprint density at radius 1 is 0.925 bits per heavy atom. The molecular weight excluding hydrogens is 502 g/mol. The summed E-state index contributed by atoms with van der Waals surface area (Å²) < 4.78 is 2.09. The molecule has 9 nitrogen and oxygen atoms in total. The smallest absolute Gasteiger partial charge is 0.256 e. The molecule has 0 radical (unpaired) electrons. The van der Waals surface area contributed by atoms with E-state index in [1.165, 1.54) is 0 Å². The number of anilines is 2. The summed E-state index contributed by atoms with van der Waals surface area (Å²) in [6.07, 6.45) is 3.55. The van der Waals surface area contributed by atoms with Gasteiger partial charge >= 0.3 is 0 Å². The molecule has 1 fully saturated rings. The van der Waals surface area contributed by atoms with Crippen molar-refractivity contribution in [3.8, 4) is 11.4 Å². The molecule has 2 amide bonds. The Hall–Kier alpha value is -4.37. The first-order valence-corrected chi connectivity index (χ1v) is 13.9. The lowest BCUT2D eigenvalue weighted by Gasteiger charge is -2.34. The molecule has 4 heterocycles. The van der Waals surface area contributed by atoms with Crippen LogP contribution in [0.1, 0.15) is 51.2 Å². The minimum atomic E-state index is -0.186. The van der Waals surface area contributed by atoms with Crippen molar-refractivity contribution >= 4 is 23.3 Å². The van der Waals surface area contributed by atoms with Crippen LogP contribution in [-0.4, -0.2) is 64.7 Å². The van der Waals surface area contributed by atoms with Crippen molar-refractivity contribution in [2.45, 2.75) is 32.4 Å². The van der Waals surface area contributed by atoms with Gasteiger partial charge in [-0.1, -0.05) is 30.3 Å². The summed E-state index contributed by atoms with van der Waals surface area (Å²) >= 11 is 0. The van der Waals surface area contributed by atoms with E-state index in [0.717, 1.165) is 73.8 Å². The van der Waals surface area contributed by atoms with Crippen molar-refractivity contribution in [1.29, 1.82) is 0 Å². The fourth-order valence-corrected chi connectivity index (χ4v) is 5.55. The summed E-state index contributed by atoms with van der Waals surface area (Å²) in [6.45, 7) is 6.80. The van der Waals surface area contributed by atoms with E-state index in [0.29, 0.717) is 16.9 Å². The predicted octanol–water partition coefficient (Wildman–Crippen LogP) is 4.32. The molecule has 2 aliphatic rings. The van der Waals surface area contributed by atoms with Gasteiger partial charge in [0.2, 0.25) is 0 Å². The maximum Gasteiger partial charge on any atom is 0.256 e. The number of amides is 2. The van der Waals surface area contributed by atoms with Crippen molar-refractivity contribution in [2.75, 3.05) is 43.4 Å². The van der Waals surface area contributed by atoms with Gasteiger partial charge in [-0.25, -0.2) is 0 Å². The second-order valence-electron chi connectivity index (χ2n) is 10.7. The van der Waals surface area contributed by atoms with Crippen LogP contribution in [0, 0.1) is 0 Å². The third kappa shape index (κ3) is 5.24. The number of carbonyl (C=O) groups excluding carboxylic acids is 2. The highest BCUT2D eigenvalue weighted by atomic mass is 16.2. The number of aromatic nitrogens is 3. The number of H-pyrrole nitrogens is 1. The Kier molecular flexibility index (Phi) is 7.13. The summed E-state index contributed by atoms with van der Waals surface area (Å²) in [5, 5.41) is 13.7. The van der Waals surface area contributed by atoms with Crippen LogP contribution in [0.5, 0.6) is 0 Å². The van der Waals surface area contributed by atoms with Crippen molar-refractivity contribution in [3.05, 3.63) is 89.1 Å². The molecule has 3 N–H and O–H groups in total. The first-order chi connectivity index (χ1) is 19.5. The SMILES string of the molecule is CC(NC(=O)c1cc2n(c1)CCCc1c(NC(=O)c3ccc(N4CCN(C)CC4)cc3)n[nH]c1-2)c1ccccc1. The molecule has 1 atom stereocenters. The average molecular weight is 538 g/mol. The van der Waals surface area contributed by atoms with E-state index in [1.807, 2.05) is 73.8 Å². The molecule has 0 bridgehead atoms. The minimum Gasteiger partial charge on any atom is -0.369 e. The van der Waals surface area contributed by atoms with E-state index in [9.17, 15) is 9.59 Å². The zero-order valence-electron chi connectivity index (χ0n) is 23.0. The van der Waals surface area contributed by atoms with Crippen molar-refractivity contribution in [2.24, 2.45) is 0 Å². The quantitative estimate of drug-likeness (QED) is 0.340. The summed E-state index contributed by atoms with van der Waals surface area (Å²) in [4.78, 5) is 30.9. The highest BCUT2D eigenvalue weighted by molar-refractivity contribution is 6.04. The van der Waals surface area contributed by atoms with Crippen molar-refractivity contribution in [1.82, 2.24) is 25.0 Å². The van der Waals surface area contributed by atoms with E-state index in [4.69, 9.17) is 0 Å². The van der Waals surface area contributed by atoms with Gasteiger partial charge < -0.3 is 25.0 Å². The standard InChI is InChI=1S/C31H35N7O2/c1-21(22-7-4-3-5-8-22)32-31(40)24-19-27-28-26(9-6-14-38(27)20-24)29(35-34-28)33-30(39)23-10-12-25(13-11-23)37-17-15-36(2)16-18-37/h3-5,7-8,10-13,19-21H,6,9,14-18H2,1-2H3,(H,32,40)(H2,33,34,35,39). The Morgan fingerprint density at radius 3 is 2.42 bits per heavy atom. The van der Waals surface area contributed by atoms with Crippen LogP contribution in [0.4, 0.5) is 11.5 Å². The lowest BCUT2D eigenvalue weighted by molar-refractivity contribution is 0.0939. The second kappa shape index (κ2) is 11.0. The molecule has 40 heavy (non-hydrogen) atoms. The molecule has 2 aromatic heterocycles. The van der Waals surface area contributed by atoms with Gasteiger partial charge in [0.15, 0.2) is 5.82 Å². The van der Waals surface area contributed by atoms with Gasteiger partial charge in [0.05, 0.1) is 23.0 Å². The van der Waals surface area contributed by atoms with Gasteiger partial charge in [0.1, 0.15) is 0 Å². The Balaban J connectivity index is 1.16. The lowest BCUT2D eigenvalue weighted by Crippen LogP contribution is -2.44. The summed E-state index contributed by atoms with van der Waals surface area (Å²) in [7, 11) is 2.14. The maximum absolute atomic E-state index is 13.1. The number of likely N-dealkylation sites (N-methyl/N-ethyl adjacent to an activating group) is 1. The zero-order chi connectivity index (χ0) is 27.6. The van der Waals surface area contributed by atoms with E-state index in [1.54, 1.807) is 0 Å². The number of fused-ring (bicyclic) bond motifs is 3. The summed E-state index contributed by atoms with van der Waals surface area (Å²) in [5.41, 5.74) is 6.09. The molecule has 4 aromatic rings. The number of piperazine rings is 1. The molecule has 9 heteroatoms. The number of benzene rings is 2. The van der Waals surface area contributed by atoms with E-state index in [2.05, 4.69) is 42.2 Å². The largest absolute Gasteiger partial charge is 0.369 e. The molecule has 1 unspecified atom stereocenters. The van der Waals surface area contributed by atoms with Crippen molar-refractivity contribution in [3.63, 3.8) is 0 Å². The van der Waals surface area contributed by atoms with Gasteiger partial charge in [0, 0.05) is 55.7 Å². The molecular formula is C31H35N7O2. The lowest BCUT2D eigenvalue weighted by atomic mass is 10.1. The number of nitrogens with zero attached hydrogens (tertiary/aromatic N) is 4. The molecule has 0 spiro atoms. The van der Waals surface area contributed by atoms with Crippen LogP contribution < -0.4 is 15.5 Å². The molecule has 2 aromatic carbocycles. The van der Waals surface area contributed by atoms with E-state index in [-0.39, 0.29) is 17.9 Å². The number of aromatic amines is 1. The van der Waals surface area contributed by atoms with Gasteiger partial charge in [-0.3, -0.25) is 14.7 Å². The minimum absolute atomic E-state index is 0.103. The first-order valence-electron chi connectivity index (χ1n) is 13.9. The van der Waals surface area contributed by atoms with Crippen LogP contribution in [0.2, 0.25) is 0 Å². The monoisotopic (exact) mass is 537 g/mol. The highest BCUT2D eigenvalue weighted by Crippen LogP contribution is 2.33. The third-order valence-electron chi connectivity index (χ3n) is 7.98. The van der Waals surface area contributed by atoms with Gasteiger partial charge in [-0.15, -0.1) is 0 Å². The topological polar surface area (TPSA) is 98.3 Å². The van der Waals surface area contributed by atoms with Crippen molar-refractivity contribution < 1.29 is 9.59 Å². The average Bonchev–Trinajstić information content (AvgIpc) is 3.54. The molecule has 0 aliphatic carbocycles. The third-order valence-corrected chi connectivity index (χ3v) is 7.98. The molecule has 1 saturated heterocycles. The van der Waals surface area contributed by atoms with E-state index < -0.39 is 0 Å². The Labute approximate surface area is 234 Å². The predicted molar refractivity (Wildman–Crippen MR) is 157 cm³/mol. The second-order valence-corrected chi connectivity index (χ2v) is 10.7. The zero-order valence-corrected chi connectivity index (χ0v) is 23.0. The summed E-state index contributed by atoms with van der Waals surface area (Å²) in [6, 6.07) is 19.5. The fourth-order valence-electron chi connectivity index (χ4n) is 5.55. The molecule has 2 aliphatic heterocycles. The van der Waals surface area contributed by atoms with Gasteiger partial charge in [-0.05, 0) is 62.7 Å². The Morgan fingerprint density at radius 2 is 1.68 bits per heavy atom. The fraction of sp³-hybridized carbons (Fsp3) is 0.323. The number of hydrogen-bond acceptors (Lipinski definition) is 5. The normalized spacial score (nSPS) is 16.0. The highest BCUT2D eigenvalue weighted by Gasteiger charge is 2.24. The van der Waals surface area contributed by atoms with E-state index >= 15 is 0 Å². The van der Waals surface area contributed by atoms with Crippen LogP contribution in [-0.2, 0) is 13.0 Å². The van der Waals surface area contributed by atoms with Crippen LogP contribution in [0.25, 0.3) is 11.4 Å². The van der Waals surface area contributed by atoms with Crippen LogP contribution in [0.3, 0.4) is 0 Å². The molecule has 206 valence electrons. The number of nitrogens with one attached hydrogen (secondary N) is 3.